The van der Waals surface area contributed by atoms with Crippen LogP contribution in [0, 0.1) is 5.92 Å². The standard InChI is InChI=1S/C18H22N4O5S2/c23-16(21-18-19-9-15(28-18)17(24)25)14(7-11-3-1-2-4-11)22-10-13(8-20-22)29(26,27)12-5-6-12/h8-12,14H,1-7H2,(H,24,25)(H,19,21,23). The molecule has 9 nitrogen and oxygen atoms in total. The number of aromatic nitrogens is 3. The monoisotopic (exact) mass is 438 g/mol. The number of carboxylic acids is 1. The van der Waals surface area contributed by atoms with Gasteiger partial charge in [0.2, 0.25) is 0 Å². The van der Waals surface area contributed by atoms with Crippen LogP contribution in [0.3, 0.4) is 0 Å². The van der Waals surface area contributed by atoms with E-state index in [1.165, 1.54) is 23.3 Å². The zero-order chi connectivity index (χ0) is 20.6. The minimum atomic E-state index is -3.39. The summed E-state index contributed by atoms with van der Waals surface area (Å²) in [6.45, 7) is 0. The predicted octanol–water partition coefficient (Wildman–Crippen LogP) is 2.73. The van der Waals surface area contributed by atoms with Crippen LogP contribution in [0.15, 0.2) is 23.5 Å². The van der Waals surface area contributed by atoms with Crippen LogP contribution in [0.4, 0.5) is 5.13 Å². The molecule has 29 heavy (non-hydrogen) atoms. The average Bonchev–Trinajstić information content (AvgIpc) is 3.09. The van der Waals surface area contributed by atoms with E-state index in [2.05, 4.69) is 15.4 Å². The molecule has 156 valence electrons. The van der Waals surface area contributed by atoms with E-state index < -0.39 is 21.8 Å². The summed E-state index contributed by atoms with van der Waals surface area (Å²) in [7, 11) is -3.39. The molecule has 2 fully saturated rings. The lowest BCUT2D eigenvalue weighted by atomic mass is 9.98. The summed E-state index contributed by atoms with van der Waals surface area (Å²) in [5.74, 6) is -1.11. The van der Waals surface area contributed by atoms with E-state index in [1.54, 1.807) is 0 Å². The molecule has 0 saturated heterocycles. The Morgan fingerprint density at radius 1 is 1.24 bits per heavy atom. The summed E-state index contributed by atoms with van der Waals surface area (Å²) in [6, 6.07) is -0.682. The number of rotatable bonds is 8. The molecule has 0 aromatic carbocycles. The van der Waals surface area contributed by atoms with Gasteiger partial charge in [-0.2, -0.15) is 5.10 Å². The molecule has 4 rings (SSSR count). The lowest BCUT2D eigenvalue weighted by Crippen LogP contribution is -2.28. The molecule has 2 aromatic rings. The van der Waals surface area contributed by atoms with Crippen LogP contribution in [0.25, 0.3) is 0 Å². The summed E-state index contributed by atoms with van der Waals surface area (Å²) in [5, 5.41) is 15.7. The third-order valence-corrected chi connectivity index (χ3v) is 8.59. The first-order valence-electron chi connectivity index (χ1n) is 9.62. The van der Waals surface area contributed by atoms with E-state index in [0.717, 1.165) is 37.0 Å². The zero-order valence-electron chi connectivity index (χ0n) is 15.7. The maximum absolute atomic E-state index is 13.0. The maximum Gasteiger partial charge on any atom is 0.347 e. The van der Waals surface area contributed by atoms with Gasteiger partial charge in [-0.05, 0) is 25.2 Å². The number of sulfone groups is 1. The molecule has 1 unspecified atom stereocenters. The molecule has 2 saturated carbocycles. The zero-order valence-corrected chi connectivity index (χ0v) is 17.3. The number of nitrogens with zero attached hydrogens (tertiary/aromatic N) is 3. The van der Waals surface area contributed by atoms with E-state index in [-0.39, 0.29) is 26.1 Å². The van der Waals surface area contributed by atoms with Crippen molar-refractivity contribution in [2.24, 2.45) is 5.92 Å². The van der Waals surface area contributed by atoms with Gasteiger partial charge in [-0.25, -0.2) is 18.2 Å². The van der Waals surface area contributed by atoms with Gasteiger partial charge < -0.3 is 10.4 Å². The SMILES string of the molecule is O=C(O)c1cnc(NC(=O)C(CC2CCCC2)n2cc(S(=O)(=O)C3CC3)cn2)s1. The maximum atomic E-state index is 13.0. The molecule has 0 spiro atoms. The Morgan fingerprint density at radius 2 is 1.97 bits per heavy atom. The molecular weight excluding hydrogens is 416 g/mol. The number of carboxylic acid groups (broad SMARTS) is 1. The number of hydrogen-bond acceptors (Lipinski definition) is 7. The molecule has 2 aromatic heterocycles. The Hall–Kier alpha value is -2.27. The minimum absolute atomic E-state index is 0.0320. The fourth-order valence-electron chi connectivity index (χ4n) is 3.73. The number of carbonyl (C=O) groups is 2. The fraction of sp³-hybridized carbons (Fsp3) is 0.556. The van der Waals surface area contributed by atoms with Gasteiger partial charge in [-0.1, -0.05) is 37.0 Å². The summed E-state index contributed by atoms with van der Waals surface area (Å²) >= 11 is 0.878. The molecule has 0 aliphatic heterocycles. The second kappa shape index (κ2) is 7.86. The van der Waals surface area contributed by atoms with Crippen molar-refractivity contribution in [1.29, 1.82) is 0 Å². The van der Waals surface area contributed by atoms with E-state index in [1.807, 2.05) is 0 Å². The Balaban J connectivity index is 1.56. The Bertz CT molecular complexity index is 1020. The molecule has 1 atom stereocenters. The highest BCUT2D eigenvalue weighted by Gasteiger charge is 2.38. The number of aromatic carboxylic acids is 1. The quantitative estimate of drug-likeness (QED) is 0.648. The van der Waals surface area contributed by atoms with Crippen LogP contribution >= 0.6 is 11.3 Å². The molecule has 2 N–H and O–H groups in total. The first kappa shape index (κ1) is 20.0. The van der Waals surface area contributed by atoms with Gasteiger partial charge in [0, 0.05) is 6.20 Å². The lowest BCUT2D eigenvalue weighted by molar-refractivity contribution is -0.120. The van der Waals surface area contributed by atoms with Gasteiger partial charge in [0.25, 0.3) is 5.91 Å². The van der Waals surface area contributed by atoms with Crippen molar-refractivity contribution in [3.63, 3.8) is 0 Å². The van der Waals surface area contributed by atoms with Crippen LogP contribution in [0.1, 0.15) is 60.7 Å². The predicted molar refractivity (Wildman–Crippen MR) is 106 cm³/mol. The highest BCUT2D eigenvalue weighted by Crippen LogP contribution is 2.35. The van der Waals surface area contributed by atoms with Crippen molar-refractivity contribution in [2.45, 2.75) is 61.1 Å². The molecule has 2 heterocycles. The van der Waals surface area contributed by atoms with E-state index >= 15 is 0 Å². The second-order valence-corrected chi connectivity index (χ2v) is 10.9. The van der Waals surface area contributed by atoms with Crippen LogP contribution < -0.4 is 5.32 Å². The number of amides is 1. The smallest absolute Gasteiger partial charge is 0.347 e. The number of thiazole rings is 1. The average molecular weight is 439 g/mol. The molecule has 2 aliphatic carbocycles. The van der Waals surface area contributed by atoms with Crippen molar-refractivity contribution in [3.8, 4) is 0 Å². The summed E-state index contributed by atoms with van der Waals surface area (Å²) in [5.41, 5.74) is 0. The minimum Gasteiger partial charge on any atom is -0.477 e. The van der Waals surface area contributed by atoms with Gasteiger partial charge in [0.05, 0.1) is 17.6 Å². The fourth-order valence-corrected chi connectivity index (χ4v) is 5.97. The molecule has 2 aliphatic rings. The van der Waals surface area contributed by atoms with E-state index in [4.69, 9.17) is 5.11 Å². The van der Waals surface area contributed by atoms with E-state index in [0.29, 0.717) is 25.2 Å². The lowest BCUT2D eigenvalue weighted by Gasteiger charge is -2.20. The summed E-state index contributed by atoms with van der Waals surface area (Å²) < 4.78 is 26.4. The van der Waals surface area contributed by atoms with Crippen molar-refractivity contribution in [2.75, 3.05) is 5.32 Å². The number of hydrogen-bond donors (Lipinski definition) is 2. The molecule has 11 heteroatoms. The Labute approximate surface area is 172 Å². The second-order valence-electron chi connectivity index (χ2n) is 7.63. The number of nitrogens with one attached hydrogen (secondary N) is 1. The molecule has 0 radical (unpaired) electrons. The van der Waals surface area contributed by atoms with Crippen LogP contribution in [0.5, 0.6) is 0 Å². The largest absolute Gasteiger partial charge is 0.477 e. The van der Waals surface area contributed by atoms with Crippen molar-refractivity contribution < 1.29 is 23.1 Å². The number of anilines is 1. The normalized spacial score (nSPS) is 18.6. The van der Waals surface area contributed by atoms with Gasteiger partial charge in [0.15, 0.2) is 15.0 Å². The Kier molecular flexibility index (Phi) is 5.43. The van der Waals surface area contributed by atoms with Crippen LogP contribution in [0.2, 0.25) is 0 Å². The third kappa shape index (κ3) is 4.35. The molecule has 0 bridgehead atoms. The highest BCUT2D eigenvalue weighted by atomic mass is 32.2. The Morgan fingerprint density at radius 3 is 2.59 bits per heavy atom. The van der Waals surface area contributed by atoms with Gasteiger partial charge >= 0.3 is 5.97 Å². The van der Waals surface area contributed by atoms with Gasteiger partial charge in [0.1, 0.15) is 15.8 Å². The van der Waals surface area contributed by atoms with Crippen molar-refractivity contribution in [3.05, 3.63) is 23.5 Å². The first-order valence-corrected chi connectivity index (χ1v) is 12.0. The third-order valence-electron chi connectivity index (χ3n) is 5.47. The van der Waals surface area contributed by atoms with Crippen molar-refractivity contribution in [1.82, 2.24) is 14.8 Å². The summed E-state index contributed by atoms with van der Waals surface area (Å²) in [4.78, 5) is 28.1. The van der Waals surface area contributed by atoms with Gasteiger partial charge in [-0.15, -0.1) is 0 Å². The van der Waals surface area contributed by atoms with Crippen molar-refractivity contribution >= 4 is 38.2 Å². The van der Waals surface area contributed by atoms with Crippen LogP contribution in [-0.4, -0.2) is 45.4 Å². The van der Waals surface area contributed by atoms with Gasteiger partial charge in [-0.3, -0.25) is 9.48 Å². The molecule has 1 amide bonds. The van der Waals surface area contributed by atoms with Crippen LogP contribution in [-0.2, 0) is 14.6 Å². The van der Waals surface area contributed by atoms with E-state index in [9.17, 15) is 18.0 Å². The molecular formula is C18H22N4O5S2. The topological polar surface area (TPSA) is 131 Å². The highest BCUT2D eigenvalue weighted by molar-refractivity contribution is 7.92. The number of carbonyl (C=O) groups excluding carboxylic acids is 1. The summed E-state index contributed by atoms with van der Waals surface area (Å²) in [6.07, 6.45) is 10.1. The first-order chi connectivity index (χ1) is 13.8.